The number of carbonyl (C=O) groups excluding carboxylic acids is 3. The number of likely N-dealkylation sites (tertiary alicyclic amines) is 3. The third-order valence-electron chi connectivity index (χ3n) is 19.6. The summed E-state index contributed by atoms with van der Waals surface area (Å²) in [5.41, 5.74) is -16.6. The predicted molar refractivity (Wildman–Crippen MR) is 329 cm³/mol. The second kappa shape index (κ2) is 26.8. The van der Waals surface area contributed by atoms with Crippen LogP contribution in [-0.2, 0) is 19.2 Å². The number of carboxylic acid groups (broad SMARTS) is 4. The van der Waals surface area contributed by atoms with Gasteiger partial charge in [0.25, 0.3) is 5.41 Å². The van der Waals surface area contributed by atoms with E-state index in [2.05, 4.69) is 6.92 Å². The summed E-state index contributed by atoms with van der Waals surface area (Å²) in [6, 6.07) is 25.7. The van der Waals surface area contributed by atoms with Crippen LogP contribution in [0.1, 0.15) is 212 Å². The molecular weight excluding hydrogens is 1090 g/mol. The van der Waals surface area contributed by atoms with Gasteiger partial charge in [-0.2, -0.15) is 0 Å². The minimum Gasteiger partial charge on any atom is -0.481 e. The molecule has 0 radical (unpaired) electrons. The van der Waals surface area contributed by atoms with E-state index in [1.807, 2.05) is 83.1 Å². The average Bonchev–Trinajstić information content (AvgIpc) is 0.702. The van der Waals surface area contributed by atoms with Gasteiger partial charge in [-0.15, -0.1) is 0 Å². The number of aliphatic carboxylic acids is 4. The zero-order valence-corrected chi connectivity index (χ0v) is 53.5. The Morgan fingerprint density at radius 2 is 0.674 bits per heavy atom. The van der Waals surface area contributed by atoms with E-state index in [1.165, 1.54) is 6.42 Å². The summed E-state index contributed by atoms with van der Waals surface area (Å²) in [7, 11) is 0. The highest BCUT2D eigenvalue weighted by Gasteiger charge is 2.82. The van der Waals surface area contributed by atoms with E-state index in [0.717, 1.165) is 44.9 Å². The van der Waals surface area contributed by atoms with Crippen molar-refractivity contribution in [3.8, 4) is 17.2 Å². The molecule has 0 bridgehead atoms. The number of carbonyl (C=O) groups is 7. The molecule has 1 atom stereocenters. The Hall–Kier alpha value is -6.65. The first-order valence-corrected chi connectivity index (χ1v) is 31.3. The Balaban J connectivity index is 1.68. The van der Waals surface area contributed by atoms with Gasteiger partial charge in [0.1, 0.15) is 22.7 Å². The predicted octanol–water partition coefficient (Wildman–Crippen LogP) is 15.8. The van der Waals surface area contributed by atoms with Crippen molar-refractivity contribution >= 4 is 42.2 Å². The fourth-order valence-corrected chi connectivity index (χ4v) is 17.4. The van der Waals surface area contributed by atoms with Crippen LogP contribution in [0.25, 0.3) is 0 Å². The van der Waals surface area contributed by atoms with Crippen molar-refractivity contribution in [2.45, 2.75) is 245 Å². The lowest BCUT2D eigenvalue weighted by Gasteiger charge is -2.69. The number of ether oxygens (including phenoxy) is 3. The van der Waals surface area contributed by atoms with Crippen LogP contribution in [0.2, 0.25) is 0 Å². The molecule has 17 heteroatoms. The zero-order chi connectivity index (χ0) is 63.9. The maximum atomic E-state index is 16.0. The molecule has 3 aliphatic rings. The Bertz CT molecular complexity index is 2660. The van der Waals surface area contributed by atoms with Gasteiger partial charge in [0.2, 0.25) is 0 Å². The summed E-state index contributed by atoms with van der Waals surface area (Å²) < 4.78 is 18.2. The molecule has 4 N–H and O–H groups in total. The van der Waals surface area contributed by atoms with Crippen LogP contribution in [-0.4, -0.2) is 111 Å². The average molecular weight is 1190 g/mol. The second-order valence-corrected chi connectivity index (χ2v) is 28.8. The van der Waals surface area contributed by atoms with Gasteiger partial charge in [-0.25, -0.2) is 14.4 Å². The first-order chi connectivity index (χ1) is 40.1. The smallest absolute Gasteiger partial charge is 0.416 e. The largest absolute Gasteiger partial charge is 0.481 e. The molecule has 17 nitrogen and oxygen atoms in total. The van der Waals surface area contributed by atoms with Crippen LogP contribution in [0.4, 0.5) is 14.4 Å². The van der Waals surface area contributed by atoms with Crippen LogP contribution in [0.5, 0.6) is 17.2 Å². The minimum atomic E-state index is -4.03. The Morgan fingerprint density at radius 1 is 0.407 bits per heavy atom. The molecule has 3 heterocycles. The van der Waals surface area contributed by atoms with Crippen molar-refractivity contribution in [2.75, 3.05) is 0 Å². The summed E-state index contributed by atoms with van der Waals surface area (Å²) >= 11 is 0. The molecule has 3 aliphatic heterocycles. The van der Waals surface area contributed by atoms with Crippen LogP contribution < -0.4 is 14.2 Å². The lowest BCUT2D eigenvalue weighted by Crippen LogP contribution is -2.76. The van der Waals surface area contributed by atoms with Crippen LogP contribution in [0, 0.1) is 34.0 Å². The summed E-state index contributed by atoms with van der Waals surface area (Å²) in [6.07, 6.45) is 6.37. The lowest BCUT2D eigenvalue weighted by molar-refractivity contribution is -0.240. The molecule has 3 saturated heterocycles. The number of benzene rings is 3. The number of amides is 3. The Labute approximate surface area is 510 Å². The number of carboxylic acids is 4. The van der Waals surface area contributed by atoms with Crippen molar-refractivity contribution in [3.05, 3.63) is 91.0 Å². The van der Waals surface area contributed by atoms with Crippen LogP contribution >= 0.6 is 0 Å². The molecule has 1 unspecified atom stereocenters. The van der Waals surface area contributed by atoms with E-state index < -0.39 is 116 Å². The fraction of sp³-hybridized carbons (Fsp3) is 0.638. The molecule has 474 valence electrons. The van der Waals surface area contributed by atoms with Gasteiger partial charge < -0.3 is 34.6 Å². The summed E-state index contributed by atoms with van der Waals surface area (Å²) in [6.45, 7) is 24.3. The van der Waals surface area contributed by atoms with Crippen molar-refractivity contribution in [3.63, 3.8) is 0 Å². The second-order valence-electron chi connectivity index (χ2n) is 28.8. The maximum Gasteiger partial charge on any atom is 0.416 e. The van der Waals surface area contributed by atoms with E-state index in [1.54, 1.807) is 106 Å². The molecule has 3 aromatic carbocycles. The van der Waals surface area contributed by atoms with Crippen LogP contribution in [0.3, 0.4) is 0 Å². The first kappa shape index (κ1) is 68.5. The highest BCUT2D eigenvalue weighted by Crippen LogP contribution is 2.72. The summed E-state index contributed by atoms with van der Waals surface area (Å²) in [5, 5.41) is 48.9. The molecule has 0 spiro atoms. The van der Waals surface area contributed by atoms with Gasteiger partial charge in [-0.1, -0.05) is 132 Å². The van der Waals surface area contributed by atoms with E-state index in [-0.39, 0.29) is 62.9 Å². The van der Waals surface area contributed by atoms with Gasteiger partial charge in [0.15, 0.2) is 0 Å². The van der Waals surface area contributed by atoms with E-state index >= 15 is 4.79 Å². The van der Waals surface area contributed by atoms with Gasteiger partial charge in [0.05, 0.1) is 0 Å². The van der Waals surface area contributed by atoms with Gasteiger partial charge in [-0.05, 0) is 194 Å². The van der Waals surface area contributed by atoms with Crippen molar-refractivity contribution in [1.29, 1.82) is 0 Å². The highest BCUT2D eigenvalue weighted by molar-refractivity contribution is 6.20. The minimum absolute atomic E-state index is 0.0367. The van der Waals surface area contributed by atoms with Gasteiger partial charge in [-0.3, -0.25) is 33.9 Å². The molecule has 3 fully saturated rings. The van der Waals surface area contributed by atoms with Crippen molar-refractivity contribution in [1.82, 2.24) is 14.7 Å². The van der Waals surface area contributed by atoms with E-state index in [4.69, 9.17) is 14.2 Å². The highest BCUT2D eigenvalue weighted by atomic mass is 16.6. The topological polar surface area (TPSA) is 238 Å². The number of hydrogen-bond acceptors (Lipinski definition) is 10. The first-order valence-electron chi connectivity index (χ1n) is 31.3. The third kappa shape index (κ3) is 13.9. The SMILES string of the molecule is CCCCCCCCCCCCCC(C(=O)O)(C(C(=O)O)(C(=O)O)C(=O)O)C(CC1CC(C)(C)N(C(=O)Oc2ccccc2)C(C)(C)C1)(C1CC(C)(C)N(C(=O)Oc2ccccc2)C(C)(C)C1)C1CC(C)(C)N(C(=O)Oc2ccccc2)C(C)(C)C1. The zero-order valence-electron chi connectivity index (χ0n) is 53.5. The Kier molecular flexibility index (Phi) is 21.3. The van der Waals surface area contributed by atoms with E-state index in [0.29, 0.717) is 18.6 Å². The summed E-state index contributed by atoms with van der Waals surface area (Å²) in [5.74, 6) is -10.7. The monoisotopic (exact) mass is 1190 g/mol. The molecular formula is C69H99N3O14. The number of piperidine rings is 3. The number of hydrogen-bond donors (Lipinski definition) is 4. The number of para-hydroxylation sites is 3. The molecule has 86 heavy (non-hydrogen) atoms. The molecule has 3 aromatic rings. The number of rotatable bonds is 25. The summed E-state index contributed by atoms with van der Waals surface area (Å²) in [4.78, 5) is 110. The standard InChI is InChI=1S/C69H99N3O14/c1-14-15-16-17-18-19-20-21-22-23-33-40-68(54(73)74,69(55(75)76,56(77)78)57(79)80)67(49-44-63(6,7)71(64(8,9)45-49)59(82)85-52-36-29-25-30-37-52,50-46-65(10,11)72(66(12,13)47-50)60(83)86-53-38-31-26-32-39-53)43-48-41-61(2,3)70(62(4,5)42-48)58(81)84-51-34-27-24-28-35-51/h24-32,34-39,48-50H,14-23,33,40-47H2,1-13H3,(H,73,74)(H,75,76)(H,77,78)(H,79,80). The third-order valence-corrected chi connectivity index (χ3v) is 19.6. The normalized spacial score (nSPS) is 20.0. The number of unbranched alkanes of at least 4 members (excludes halogenated alkanes) is 10. The quantitative estimate of drug-likeness (QED) is 0.0456. The maximum absolute atomic E-state index is 16.0. The lowest BCUT2D eigenvalue weighted by atomic mass is 9.36. The van der Waals surface area contributed by atoms with Crippen molar-refractivity contribution in [2.24, 2.45) is 34.0 Å². The van der Waals surface area contributed by atoms with Crippen molar-refractivity contribution < 1.29 is 68.2 Å². The Morgan fingerprint density at radius 3 is 0.942 bits per heavy atom. The molecule has 6 rings (SSSR count). The fourth-order valence-electron chi connectivity index (χ4n) is 17.4. The molecule has 0 saturated carbocycles. The van der Waals surface area contributed by atoms with Crippen LogP contribution in [0.15, 0.2) is 91.0 Å². The molecule has 0 aliphatic carbocycles. The van der Waals surface area contributed by atoms with Gasteiger partial charge in [0, 0.05) is 33.2 Å². The number of nitrogens with zero attached hydrogens (tertiary/aromatic N) is 3. The molecule has 0 aromatic heterocycles. The van der Waals surface area contributed by atoms with Gasteiger partial charge >= 0.3 is 42.2 Å². The van der Waals surface area contributed by atoms with E-state index in [9.17, 15) is 49.2 Å². The molecule has 3 amide bonds.